The Balaban J connectivity index is 3.86. The first-order valence-electron chi connectivity index (χ1n) is 4.83. The maximum Gasteiger partial charge on any atom is 0.188 e. The van der Waals surface area contributed by atoms with Gasteiger partial charge in [-0.25, -0.2) is 0 Å². The predicted octanol–water partition coefficient (Wildman–Crippen LogP) is 1.40. The standard InChI is InChI=1S/C8H21ClN2Si/c1-4-10-12(8-7-9)11(5-2)6-3/h10,12H,4-8H2,1-3H3. The van der Waals surface area contributed by atoms with Gasteiger partial charge in [0.2, 0.25) is 0 Å². The fourth-order valence-electron chi connectivity index (χ4n) is 1.42. The lowest BCUT2D eigenvalue weighted by Crippen LogP contribution is -2.50. The zero-order valence-electron chi connectivity index (χ0n) is 8.44. The monoisotopic (exact) mass is 208 g/mol. The molecule has 0 radical (unpaired) electrons. The zero-order chi connectivity index (χ0) is 9.40. The number of nitrogens with zero attached hydrogens (tertiary/aromatic N) is 1. The highest BCUT2D eigenvalue weighted by Crippen LogP contribution is 1.99. The summed E-state index contributed by atoms with van der Waals surface area (Å²) < 4.78 is 2.53. The molecule has 0 saturated carbocycles. The number of halogens is 1. The Kier molecular flexibility index (Phi) is 8.33. The normalized spacial score (nSPS) is 13.8. The van der Waals surface area contributed by atoms with E-state index in [1.54, 1.807) is 0 Å². The molecule has 0 spiro atoms. The van der Waals surface area contributed by atoms with Crippen LogP contribution >= 0.6 is 11.6 Å². The maximum absolute atomic E-state index is 5.76. The van der Waals surface area contributed by atoms with E-state index in [-0.39, 0.29) is 0 Å². The van der Waals surface area contributed by atoms with Crippen molar-refractivity contribution in [1.29, 1.82) is 0 Å². The summed E-state index contributed by atoms with van der Waals surface area (Å²) in [6.07, 6.45) is 0. The minimum atomic E-state index is -0.897. The van der Waals surface area contributed by atoms with Crippen LogP contribution in [0.4, 0.5) is 0 Å². The van der Waals surface area contributed by atoms with Gasteiger partial charge in [-0.1, -0.05) is 20.8 Å². The minimum Gasteiger partial charge on any atom is -0.328 e. The summed E-state index contributed by atoms with van der Waals surface area (Å²) in [5, 5.41) is 0. The van der Waals surface area contributed by atoms with Crippen molar-refractivity contribution >= 4 is 20.7 Å². The molecular formula is C8H21ClN2Si. The average Bonchev–Trinajstić information content (AvgIpc) is 2.07. The largest absolute Gasteiger partial charge is 0.328 e. The maximum atomic E-state index is 5.76. The second-order valence-electron chi connectivity index (χ2n) is 2.77. The van der Waals surface area contributed by atoms with E-state index in [0.29, 0.717) is 0 Å². The number of rotatable bonds is 7. The van der Waals surface area contributed by atoms with Crippen molar-refractivity contribution < 1.29 is 0 Å². The van der Waals surface area contributed by atoms with Gasteiger partial charge < -0.3 is 9.55 Å². The summed E-state index contributed by atoms with van der Waals surface area (Å²) in [5.74, 6) is 0.792. The van der Waals surface area contributed by atoms with Crippen LogP contribution in [0.25, 0.3) is 0 Å². The molecule has 1 unspecified atom stereocenters. The highest BCUT2D eigenvalue weighted by Gasteiger charge is 2.15. The molecule has 2 nitrogen and oxygen atoms in total. The molecule has 0 heterocycles. The lowest BCUT2D eigenvalue weighted by atomic mass is 10.7. The molecule has 0 fully saturated rings. The number of nitrogens with one attached hydrogen (secondary N) is 1. The van der Waals surface area contributed by atoms with Gasteiger partial charge in [-0.2, -0.15) is 0 Å². The van der Waals surface area contributed by atoms with E-state index in [9.17, 15) is 0 Å². The van der Waals surface area contributed by atoms with Crippen LogP contribution in [-0.4, -0.2) is 39.2 Å². The smallest absolute Gasteiger partial charge is 0.188 e. The zero-order valence-corrected chi connectivity index (χ0v) is 10.3. The van der Waals surface area contributed by atoms with Crippen molar-refractivity contribution in [2.45, 2.75) is 26.8 Å². The SMILES string of the molecule is CCN[SiH](CCCl)N(CC)CC. The van der Waals surface area contributed by atoms with E-state index in [2.05, 4.69) is 30.3 Å². The van der Waals surface area contributed by atoms with Crippen molar-refractivity contribution in [3.8, 4) is 0 Å². The molecule has 0 aliphatic heterocycles. The van der Waals surface area contributed by atoms with Crippen LogP contribution in [0.3, 0.4) is 0 Å². The first-order chi connectivity index (χ1) is 5.79. The Morgan fingerprint density at radius 2 is 1.83 bits per heavy atom. The van der Waals surface area contributed by atoms with Gasteiger partial charge in [0, 0.05) is 5.88 Å². The first-order valence-corrected chi connectivity index (χ1v) is 7.27. The Hall–Kier alpha value is 0.427. The fraction of sp³-hybridized carbons (Fsp3) is 1.00. The highest BCUT2D eigenvalue weighted by atomic mass is 35.5. The van der Waals surface area contributed by atoms with Crippen LogP contribution in [0, 0.1) is 0 Å². The second-order valence-corrected chi connectivity index (χ2v) is 5.90. The van der Waals surface area contributed by atoms with Crippen molar-refractivity contribution in [1.82, 2.24) is 9.55 Å². The van der Waals surface area contributed by atoms with E-state index < -0.39 is 9.12 Å². The van der Waals surface area contributed by atoms with Crippen molar-refractivity contribution in [2.24, 2.45) is 0 Å². The molecule has 0 amide bonds. The molecule has 1 N–H and O–H groups in total. The quantitative estimate of drug-likeness (QED) is 0.503. The molecule has 0 saturated heterocycles. The molecule has 74 valence electrons. The van der Waals surface area contributed by atoms with Crippen LogP contribution in [0.2, 0.25) is 6.04 Å². The summed E-state index contributed by atoms with van der Waals surface area (Å²) >= 11 is 5.76. The molecule has 0 bridgehead atoms. The van der Waals surface area contributed by atoms with E-state index in [1.807, 2.05) is 0 Å². The van der Waals surface area contributed by atoms with Crippen LogP contribution in [0.15, 0.2) is 0 Å². The number of hydrogen-bond donors (Lipinski definition) is 1. The molecular weight excluding hydrogens is 188 g/mol. The van der Waals surface area contributed by atoms with E-state index in [4.69, 9.17) is 11.6 Å². The third kappa shape index (κ3) is 4.45. The van der Waals surface area contributed by atoms with Crippen molar-refractivity contribution in [3.63, 3.8) is 0 Å². The van der Waals surface area contributed by atoms with Crippen molar-refractivity contribution in [3.05, 3.63) is 0 Å². The molecule has 12 heavy (non-hydrogen) atoms. The van der Waals surface area contributed by atoms with Gasteiger partial charge in [-0.05, 0) is 25.7 Å². The van der Waals surface area contributed by atoms with Crippen LogP contribution in [0.1, 0.15) is 20.8 Å². The summed E-state index contributed by atoms with van der Waals surface area (Å²) in [6.45, 7) is 9.97. The fourth-order valence-corrected chi connectivity index (χ4v) is 4.42. The van der Waals surface area contributed by atoms with E-state index >= 15 is 0 Å². The molecule has 0 aliphatic carbocycles. The van der Waals surface area contributed by atoms with Crippen LogP contribution < -0.4 is 4.98 Å². The van der Waals surface area contributed by atoms with Gasteiger partial charge in [-0.3, -0.25) is 0 Å². The number of alkyl halides is 1. The lowest BCUT2D eigenvalue weighted by Gasteiger charge is -2.27. The molecule has 0 aromatic heterocycles. The highest BCUT2D eigenvalue weighted by molar-refractivity contribution is 6.54. The third-order valence-corrected chi connectivity index (χ3v) is 5.99. The molecule has 1 atom stereocenters. The molecule has 0 rings (SSSR count). The Morgan fingerprint density at radius 3 is 2.17 bits per heavy atom. The average molecular weight is 209 g/mol. The van der Waals surface area contributed by atoms with Crippen LogP contribution in [0.5, 0.6) is 0 Å². The topological polar surface area (TPSA) is 15.3 Å². The predicted molar refractivity (Wildman–Crippen MR) is 59.3 cm³/mol. The molecule has 4 heteroatoms. The lowest BCUT2D eigenvalue weighted by molar-refractivity contribution is 0.467. The van der Waals surface area contributed by atoms with Gasteiger partial charge in [0.25, 0.3) is 0 Å². The summed E-state index contributed by atoms with van der Waals surface area (Å²) in [6, 6.07) is 1.16. The summed E-state index contributed by atoms with van der Waals surface area (Å²) in [7, 11) is -0.897. The Bertz CT molecular complexity index is 93.1. The Labute approximate surface area is 83.0 Å². The molecule has 0 aromatic carbocycles. The van der Waals surface area contributed by atoms with Crippen LogP contribution in [-0.2, 0) is 0 Å². The summed E-state index contributed by atoms with van der Waals surface area (Å²) in [5.41, 5.74) is 0. The molecule has 0 aromatic rings. The number of hydrogen-bond acceptors (Lipinski definition) is 2. The van der Waals surface area contributed by atoms with Gasteiger partial charge in [0.1, 0.15) is 0 Å². The van der Waals surface area contributed by atoms with E-state index in [1.165, 1.54) is 0 Å². The minimum absolute atomic E-state index is 0.792. The van der Waals surface area contributed by atoms with Gasteiger partial charge in [0.15, 0.2) is 9.12 Å². The third-order valence-electron chi connectivity index (χ3n) is 2.08. The second kappa shape index (κ2) is 8.04. The molecule has 0 aliphatic rings. The first kappa shape index (κ1) is 12.4. The van der Waals surface area contributed by atoms with Gasteiger partial charge in [-0.15, -0.1) is 11.6 Å². The van der Waals surface area contributed by atoms with E-state index in [0.717, 1.165) is 31.6 Å². The Morgan fingerprint density at radius 1 is 1.25 bits per heavy atom. The van der Waals surface area contributed by atoms with Gasteiger partial charge >= 0.3 is 0 Å². The van der Waals surface area contributed by atoms with Crippen molar-refractivity contribution in [2.75, 3.05) is 25.5 Å². The summed E-state index contributed by atoms with van der Waals surface area (Å²) in [4.78, 5) is 3.57. The van der Waals surface area contributed by atoms with Gasteiger partial charge in [0.05, 0.1) is 0 Å².